The number of nitrogens with two attached hydrogens (primary N) is 1. The molecule has 2 heterocycles. The van der Waals surface area contributed by atoms with E-state index in [2.05, 4.69) is 0 Å². The molecule has 0 aliphatic heterocycles. The maximum Gasteiger partial charge on any atom is 0.350 e. The van der Waals surface area contributed by atoms with Gasteiger partial charge in [0.15, 0.2) is 0 Å². The molecule has 8 heteroatoms. The maximum absolute atomic E-state index is 12.1. The highest BCUT2D eigenvalue weighted by Gasteiger charge is 2.27. The molecule has 0 bridgehead atoms. The Kier molecular flexibility index (Phi) is 5.13. The Hall–Kier alpha value is -1.25. The van der Waals surface area contributed by atoms with Crippen molar-refractivity contribution in [1.82, 2.24) is 0 Å². The summed E-state index contributed by atoms with van der Waals surface area (Å²) in [6, 6.07) is 0. The normalized spacial score (nSPS) is 10.8. The van der Waals surface area contributed by atoms with Gasteiger partial charge >= 0.3 is 11.9 Å². The van der Waals surface area contributed by atoms with Crippen LogP contribution in [0.5, 0.6) is 0 Å². The summed E-state index contributed by atoms with van der Waals surface area (Å²) in [4.78, 5) is 24.4. The van der Waals surface area contributed by atoms with Gasteiger partial charge in [0.05, 0.1) is 32.5 Å². The van der Waals surface area contributed by atoms with Gasteiger partial charge in [0.1, 0.15) is 10.4 Å². The summed E-state index contributed by atoms with van der Waals surface area (Å²) in [5, 5.41) is 0. The van der Waals surface area contributed by atoms with Gasteiger partial charge in [-0.05, 0) is 20.1 Å². The molecule has 0 radical (unpaired) electrons. The smallest absolute Gasteiger partial charge is 0.350 e. The SMILES string of the molecule is CCOC(=O)c1sc2c(C(=O)OCC)c(SC)sc2c1N. The fraction of sp³-hybridized carbons (Fsp3) is 0.385. The van der Waals surface area contributed by atoms with Gasteiger partial charge in [0, 0.05) is 0 Å². The minimum atomic E-state index is -0.455. The third kappa shape index (κ3) is 2.88. The molecule has 0 aliphatic carbocycles. The van der Waals surface area contributed by atoms with Crippen molar-refractivity contribution >= 4 is 61.5 Å². The highest BCUT2D eigenvalue weighted by Crippen LogP contribution is 2.46. The molecule has 2 aromatic rings. The number of fused-ring (bicyclic) bond motifs is 1. The van der Waals surface area contributed by atoms with Crippen molar-refractivity contribution in [1.29, 1.82) is 0 Å². The van der Waals surface area contributed by atoms with Crippen LogP contribution in [0.1, 0.15) is 33.9 Å². The summed E-state index contributed by atoms with van der Waals surface area (Å²) in [6.45, 7) is 4.08. The first-order chi connectivity index (χ1) is 10.0. The number of carbonyl (C=O) groups excluding carboxylic acids is 2. The summed E-state index contributed by atoms with van der Waals surface area (Å²) in [5.41, 5.74) is 6.92. The van der Waals surface area contributed by atoms with E-state index in [4.69, 9.17) is 15.2 Å². The van der Waals surface area contributed by atoms with E-state index < -0.39 is 5.97 Å². The first kappa shape index (κ1) is 16.1. The molecule has 0 saturated heterocycles. The molecule has 0 atom stereocenters. The molecule has 0 spiro atoms. The van der Waals surface area contributed by atoms with E-state index in [1.807, 2.05) is 6.26 Å². The second-order valence-electron chi connectivity index (χ2n) is 3.91. The molecule has 0 aromatic carbocycles. The summed E-state index contributed by atoms with van der Waals surface area (Å²) in [5.74, 6) is -0.839. The Bertz CT molecular complexity index is 689. The highest BCUT2D eigenvalue weighted by molar-refractivity contribution is 8.00. The van der Waals surface area contributed by atoms with Crippen LogP contribution in [0, 0.1) is 0 Å². The Labute approximate surface area is 134 Å². The molecule has 114 valence electrons. The number of hydrogen-bond donors (Lipinski definition) is 1. The van der Waals surface area contributed by atoms with Crippen LogP contribution in [0.3, 0.4) is 0 Å². The van der Waals surface area contributed by atoms with Gasteiger partial charge in [-0.25, -0.2) is 9.59 Å². The average molecular weight is 345 g/mol. The molecule has 2 N–H and O–H groups in total. The lowest BCUT2D eigenvalue weighted by atomic mass is 10.3. The number of esters is 2. The molecule has 0 amide bonds. The average Bonchev–Trinajstić information content (AvgIpc) is 2.96. The van der Waals surface area contributed by atoms with Crippen LogP contribution in [-0.2, 0) is 9.47 Å². The molecule has 0 saturated carbocycles. The predicted molar refractivity (Wildman–Crippen MR) is 87.8 cm³/mol. The largest absolute Gasteiger partial charge is 0.462 e. The van der Waals surface area contributed by atoms with Crippen molar-refractivity contribution in [3.8, 4) is 0 Å². The highest BCUT2D eigenvalue weighted by atomic mass is 32.2. The van der Waals surface area contributed by atoms with Gasteiger partial charge in [0.2, 0.25) is 0 Å². The van der Waals surface area contributed by atoms with E-state index >= 15 is 0 Å². The van der Waals surface area contributed by atoms with Crippen LogP contribution in [-0.4, -0.2) is 31.4 Å². The summed E-state index contributed by atoms with van der Waals surface area (Å²) in [7, 11) is 0. The van der Waals surface area contributed by atoms with Gasteiger partial charge in [-0.2, -0.15) is 0 Å². The quantitative estimate of drug-likeness (QED) is 0.658. The number of hydrogen-bond acceptors (Lipinski definition) is 8. The number of anilines is 1. The van der Waals surface area contributed by atoms with E-state index in [0.717, 1.165) is 8.91 Å². The molecule has 0 unspecified atom stereocenters. The van der Waals surface area contributed by atoms with Crippen LogP contribution >= 0.6 is 34.4 Å². The second kappa shape index (κ2) is 6.67. The third-order valence-corrected chi connectivity index (χ3v) is 6.33. The van der Waals surface area contributed by atoms with Crippen molar-refractivity contribution in [2.45, 2.75) is 18.1 Å². The number of ether oxygens (including phenoxy) is 2. The lowest BCUT2D eigenvalue weighted by molar-refractivity contribution is 0.0518. The lowest BCUT2D eigenvalue weighted by Gasteiger charge is -2.02. The van der Waals surface area contributed by atoms with Crippen LogP contribution in [0.4, 0.5) is 5.69 Å². The van der Waals surface area contributed by atoms with Gasteiger partial charge in [-0.1, -0.05) is 0 Å². The van der Waals surface area contributed by atoms with Gasteiger partial charge in [-0.3, -0.25) is 0 Å². The Balaban J connectivity index is 2.59. The molecule has 2 aromatic heterocycles. The molecular formula is C13H15NO4S3. The van der Waals surface area contributed by atoms with Crippen LogP contribution in [0.2, 0.25) is 0 Å². The fourth-order valence-corrected chi connectivity index (χ4v) is 5.15. The zero-order valence-electron chi connectivity index (χ0n) is 11.8. The summed E-state index contributed by atoms with van der Waals surface area (Å²) < 4.78 is 12.4. The number of rotatable bonds is 5. The van der Waals surface area contributed by atoms with E-state index in [-0.39, 0.29) is 12.6 Å². The Morgan fingerprint density at radius 2 is 1.71 bits per heavy atom. The molecule has 2 rings (SSSR count). The third-order valence-electron chi connectivity index (χ3n) is 2.65. The summed E-state index contributed by atoms with van der Waals surface area (Å²) >= 11 is 4.05. The van der Waals surface area contributed by atoms with Gasteiger partial charge in [-0.15, -0.1) is 34.4 Å². The predicted octanol–water partition coefficient (Wildman–Crippen LogP) is 3.62. The van der Waals surface area contributed by atoms with Gasteiger partial charge < -0.3 is 15.2 Å². The van der Waals surface area contributed by atoms with E-state index in [1.54, 1.807) is 13.8 Å². The monoisotopic (exact) mass is 345 g/mol. The lowest BCUT2D eigenvalue weighted by Crippen LogP contribution is -2.05. The second-order valence-corrected chi connectivity index (χ2v) is 7.03. The van der Waals surface area contributed by atoms with Crippen molar-refractivity contribution in [3.63, 3.8) is 0 Å². The van der Waals surface area contributed by atoms with Crippen LogP contribution in [0.25, 0.3) is 9.40 Å². The molecule has 0 aliphatic rings. The molecule has 21 heavy (non-hydrogen) atoms. The number of thiophene rings is 2. The van der Waals surface area contributed by atoms with Crippen molar-refractivity contribution < 1.29 is 19.1 Å². The van der Waals surface area contributed by atoms with E-state index in [1.165, 1.54) is 34.4 Å². The van der Waals surface area contributed by atoms with E-state index in [0.29, 0.717) is 27.4 Å². The summed E-state index contributed by atoms with van der Waals surface area (Å²) in [6.07, 6.45) is 1.89. The van der Waals surface area contributed by atoms with Crippen LogP contribution < -0.4 is 5.73 Å². The molecule has 5 nitrogen and oxygen atoms in total. The zero-order valence-corrected chi connectivity index (χ0v) is 14.3. The number of carbonyl (C=O) groups is 2. The Morgan fingerprint density at radius 1 is 1.10 bits per heavy atom. The van der Waals surface area contributed by atoms with Crippen molar-refractivity contribution in [2.24, 2.45) is 0 Å². The minimum absolute atomic E-state index is 0.282. The van der Waals surface area contributed by atoms with Crippen molar-refractivity contribution in [2.75, 3.05) is 25.2 Å². The zero-order chi connectivity index (χ0) is 15.6. The minimum Gasteiger partial charge on any atom is -0.462 e. The molecular weight excluding hydrogens is 330 g/mol. The first-order valence-electron chi connectivity index (χ1n) is 6.28. The number of nitrogen functional groups attached to an aromatic ring is 1. The molecule has 0 fully saturated rings. The van der Waals surface area contributed by atoms with E-state index in [9.17, 15) is 9.59 Å². The van der Waals surface area contributed by atoms with Crippen molar-refractivity contribution in [3.05, 3.63) is 10.4 Å². The van der Waals surface area contributed by atoms with Gasteiger partial charge in [0.25, 0.3) is 0 Å². The first-order valence-corrected chi connectivity index (χ1v) is 9.13. The maximum atomic E-state index is 12.1. The topological polar surface area (TPSA) is 78.6 Å². The number of thioether (sulfide) groups is 1. The fourth-order valence-electron chi connectivity index (χ4n) is 1.80. The van der Waals surface area contributed by atoms with Crippen LogP contribution in [0.15, 0.2) is 4.21 Å². The standard InChI is InChI=1S/C13H15NO4S3/c1-4-17-11(15)6-8-9(21-13(6)19-3)7(14)10(20-8)12(16)18-5-2/h4-5,14H2,1-3H3. The Morgan fingerprint density at radius 3 is 2.29 bits per heavy atom.